The molecule has 0 aliphatic carbocycles. The number of rotatable bonds is 5. The van der Waals surface area contributed by atoms with Gasteiger partial charge in [0.1, 0.15) is 6.26 Å². The summed E-state index contributed by atoms with van der Waals surface area (Å²) in [7, 11) is 0. The Morgan fingerprint density at radius 2 is 2.38 bits per heavy atom. The van der Waals surface area contributed by atoms with Gasteiger partial charge in [-0.3, -0.25) is 0 Å². The van der Waals surface area contributed by atoms with E-state index >= 15 is 0 Å². The van der Waals surface area contributed by atoms with Crippen LogP contribution in [0.25, 0.3) is 0 Å². The van der Waals surface area contributed by atoms with Crippen LogP contribution in [0, 0.1) is 6.92 Å². The smallest absolute Gasteiger partial charge is 0.255 e. The molecule has 0 spiro atoms. The Kier molecular flexibility index (Phi) is 3.88. The topological polar surface area (TPSA) is 38.1 Å². The molecular weight excluding hydrogens is 220 g/mol. The van der Waals surface area contributed by atoms with Crippen molar-refractivity contribution >= 4 is 17.4 Å². The Labute approximate surface area is 99.3 Å². The number of oxazole rings is 1. The van der Waals surface area contributed by atoms with Crippen LogP contribution in [-0.2, 0) is 0 Å². The number of anilines is 1. The molecule has 4 heteroatoms. The predicted molar refractivity (Wildman–Crippen MR) is 66.9 cm³/mol. The lowest BCUT2D eigenvalue weighted by atomic mass is 10.2. The maximum atomic E-state index is 5.13. The molecule has 2 rings (SSSR count). The molecule has 0 saturated heterocycles. The number of aromatic nitrogens is 1. The summed E-state index contributed by atoms with van der Waals surface area (Å²) in [5.74, 6) is 0.939. The van der Waals surface area contributed by atoms with Crippen LogP contribution in [0.15, 0.2) is 46.4 Å². The number of hydrogen-bond acceptors (Lipinski definition) is 4. The zero-order valence-corrected chi connectivity index (χ0v) is 9.96. The fraction of sp³-hybridized carbons (Fsp3) is 0.250. The Bertz CT molecular complexity index is 428. The van der Waals surface area contributed by atoms with E-state index in [1.807, 2.05) is 0 Å². The maximum absolute atomic E-state index is 5.13. The number of nitrogens with zero attached hydrogens (tertiary/aromatic N) is 1. The first-order chi connectivity index (χ1) is 7.84. The van der Waals surface area contributed by atoms with Crippen molar-refractivity contribution in [1.82, 2.24) is 4.98 Å². The summed E-state index contributed by atoms with van der Waals surface area (Å²) in [6, 6.07) is 8.35. The van der Waals surface area contributed by atoms with E-state index in [0.29, 0.717) is 0 Å². The van der Waals surface area contributed by atoms with E-state index in [9.17, 15) is 0 Å². The van der Waals surface area contributed by atoms with Crippen LogP contribution in [-0.4, -0.2) is 17.3 Å². The molecule has 16 heavy (non-hydrogen) atoms. The van der Waals surface area contributed by atoms with E-state index < -0.39 is 0 Å². The van der Waals surface area contributed by atoms with E-state index in [1.54, 1.807) is 24.2 Å². The first-order valence-corrected chi connectivity index (χ1v) is 6.16. The minimum atomic E-state index is 0.728. The fourth-order valence-electron chi connectivity index (χ4n) is 1.37. The second-order valence-electron chi connectivity index (χ2n) is 3.44. The number of thioether (sulfide) groups is 1. The highest BCUT2D eigenvalue weighted by Crippen LogP contribution is 2.15. The third kappa shape index (κ3) is 3.31. The van der Waals surface area contributed by atoms with Gasteiger partial charge in [0.15, 0.2) is 0 Å². The minimum Gasteiger partial charge on any atom is -0.440 e. The van der Waals surface area contributed by atoms with Gasteiger partial charge in [0.25, 0.3) is 5.22 Å². The van der Waals surface area contributed by atoms with Crippen molar-refractivity contribution in [2.24, 2.45) is 0 Å². The minimum absolute atomic E-state index is 0.728. The zero-order chi connectivity index (χ0) is 11.2. The van der Waals surface area contributed by atoms with Crippen molar-refractivity contribution in [2.45, 2.75) is 12.1 Å². The molecule has 0 unspecified atom stereocenters. The van der Waals surface area contributed by atoms with Crippen LogP contribution in [0.5, 0.6) is 0 Å². The molecule has 1 aromatic heterocycles. The number of aryl methyl sites for hydroxylation is 1. The van der Waals surface area contributed by atoms with Crippen molar-refractivity contribution < 1.29 is 4.42 Å². The summed E-state index contributed by atoms with van der Waals surface area (Å²) < 4.78 is 5.13. The average molecular weight is 234 g/mol. The van der Waals surface area contributed by atoms with Crippen molar-refractivity contribution in [2.75, 3.05) is 17.6 Å². The van der Waals surface area contributed by atoms with Crippen LogP contribution in [0.4, 0.5) is 5.69 Å². The number of benzene rings is 1. The third-order valence-corrected chi connectivity index (χ3v) is 2.94. The van der Waals surface area contributed by atoms with Crippen molar-refractivity contribution in [3.05, 3.63) is 42.3 Å². The Hall–Kier alpha value is -1.42. The van der Waals surface area contributed by atoms with Gasteiger partial charge < -0.3 is 9.73 Å². The van der Waals surface area contributed by atoms with Gasteiger partial charge in [0.2, 0.25) is 0 Å². The van der Waals surface area contributed by atoms with Crippen LogP contribution < -0.4 is 5.32 Å². The molecule has 0 atom stereocenters. The molecule has 0 bridgehead atoms. The lowest BCUT2D eigenvalue weighted by molar-refractivity contribution is 0.454. The van der Waals surface area contributed by atoms with Gasteiger partial charge >= 0.3 is 0 Å². The van der Waals surface area contributed by atoms with Gasteiger partial charge in [-0.15, -0.1) is 0 Å². The molecule has 1 heterocycles. The fourth-order valence-corrected chi connectivity index (χ4v) is 2.01. The standard InChI is InChI=1S/C12H14N2OS/c1-10-3-2-4-11(9-10)13-6-8-16-12-14-5-7-15-12/h2-5,7,9,13H,6,8H2,1H3. The molecular formula is C12H14N2OS. The molecule has 0 aliphatic heterocycles. The van der Waals surface area contributed by atoms with Crippen molar-refractivity contribution in [3.8, 4) is 0 Å². The zero-order valence-electron chi connectivity index (χ0n) is 9.14. The molecule has 84 valence electrons. The molecule has 1 N–H and O–H groups in total. The van der Waals surface area contributed by atoms with Gasteiger partial charge in [-0.25, -0.2) is 4.98 Å². The molecule has 0 radical (unpaired) electrons. The first kappa shape index (κ1) is 11.1. The second kappa shape index (κ2) is 5.61. The van der Waals surface area contributed by atoms with Crippen molar-refractivity contribution in [3.63, 3.8) is 0 Å². The van der Waals surface area contributed by atoms with Gasteiger partial charge in [-0.2, -0.15) is 0 Å². The van der Waals surface area contributed by atoms with Crippen molar-refractivity contribution in [1.29, 1.82) is 0 Å². The summed E-state index contributed by atoms with van der Waals surface area (Å²) in [5.41, 5.74) is 2.43. The lowest BCUT2D eigenvalue weighted by Crippen LogP contribution is -2.03. The van der Waals surface area contributed by atoms with Gasteiger partial charge in [0.05, 0.1) is 6.20 Å². The van der Waals surface area contributed by atoms with Gasteiger partial charge in [-0.1, -0.05) is 23.9 Å². The summed E-state index contributed by atoms with van der Waals surface area (Å²) in [5, 5.41) is 4.09. The summed E-state index contributed by atoms with van der Waals surface area (Å²) in [6.07, 6.45) is 3.26. The quantitative estimate of drug-likeness (QED) is 0.637. The first-order valence-electron chi connectivity index (χ1n) is 5.17. The van der Waals surface area contributed by atoms with E-state index in [-0.39, 0.29) is 0 Å². The molecule has 0 aliphatic rings. The average Bonchev–Trinajstić information content (AvgIpc) is 2.77. The number of nitrogens with one attached hydrogen (secondary N) is 1. The van der Waals surface area contributed by atoms with E-state index in [1.165, 1.54) is 5.56 Å². The van der Waals surface area contributed by atoms with E-state index in [2.05, 4.69) is 41.5 Å². The largest absolute Gasteiger partial charge is 0.440 e. The summed E-state index contributed by atoms with van der Waals surface area (Å²) in [6.45, 7) is 2.99. The molecule has 0 saturated carbocycles. The molecule has 3 nitrogen and oxygen atoms in total. The molecule has 0 amide bonds. The third-order valence-electron chi connectivity index (χ3n) is 2.08. The van der Waals surface area contributed by atoms with Crippen LogP contribution in [0.1, 0.15) is 5.56 Å². The normalized spacial score (nSPS) is 10.3. The van der Waals surface area contributed by atoms with Gasteiger partial charge in [0, 0.05) is 18.0 Å². The highest BCUT2D eigenvalue weighted by Gasteiger charge is 1.97. The highest BCUT2D eigenvalue weighted by molar-refractivity contribution is 7.99. The van der Waals surface area contributed by atoms with E-state index in [4.69, 9.17) is 4.42 Å². The van der Waals surface area contributed by atoms with Crippen LogP contribution in [0.3, 0.4) is 0 Å². The van der Waals surface area contributed by atoms with Crippen LogP contribution in [0.2, 0.25) is 0 Å². The Morgan fingerprint density at radius 3 is 3.12 bits per heavy atom. The summed E-state index contributed by atoms with van der Waals surface area (Å²) >= 11 is 1.61. The predicted octanol–water partition coefficient (Wildman–Crippen LogP) is 3.19. The SMILES string of the molecule is Cc1cccc(NCCSc2ncco2)c1. The molecule has 2 aromatic rings. The monoisotopic (exact) mass is 234 g/mol. The second-order valence-corrected chi connectivity index (χ2v) is 4.49. The number of hydrogen-bond donors (Lipinski definition) is 1. The molecule has 1 aromatic carbocycles. The van der Waals surface area contributed by atoms with Crippen LogP contribution >= 0.6 is 11.8 Å². The Morgan fingerprint density at radius 1 is 1.44 bits per heavy atom. The molecule has 0 fully saturated rings. The van der Waals surface area contributed by atoms with Gasteiger partial charge in [-0.05, 0) is 24.6 Å². The van der Waals surface area contributed by atoms with E-state index in [0.717, 1.165) is 23.2 Å². The summed E-state index contributed by atoms with van der Waals surface area (Å²) in [4.78, 5) is 4.04. The Balaban J connectivity index is 1.72. The maximum Gasteiger partial charge on any atom is 0.255 e. The highest BCUT2D eigenvalue weighted by atomic mass is 32.2. The lowest BCUT2D eigenvalue weighted by Gasteiger charge is -2.05.